The fraction of sp³-hybridized carbons (Fsp3) is 0.190. The van der Waals surface area contributed by atoms with Crippen molar-refractivity contribution < 1.29 is 18.0 Å². The van der Waals surface area contributed by atoms with Crippen LogP contribution in [0.25, 0.3) is 0 Å². The summed E-state index contributed by atoms with van der Waals surface area (Å²) < 4.78 is 31.2. The van der Waals surface area contributed by atoms with Crippen molar-refractivity contribution >= 4 is 52.8 Å². The Morgan fingerprint density at radius 1 is 1.03 bits per heavy atom. The maximum absolute atomic E-state index is 10.4. The molecule has 2 N–H and O–H groups in total. The monoisotopic (exact) mass is 466 g/mol. The minimum absolute atomic E-state index is 0.489. The van der Waals surface area contributed by atoms with Crippen molar-refractivity contribution in [1.82, 2.24) is 9.97 Å². The number of nitrogens with zero attached hydrogens (tertiary/aromatic N) is 2. The highest BCUT2D eigenvalue weighted by Gasteiger charge is 2.24. The second-order valence-electron chi connectivity index (χ2n) is 6.50. The molecule has 0 saturated carbocycles. The molecule has 0 aliphatic carbocycles. The van der Waals surface area contributed by atoms with Gasteiger partial charge in [-0.15, -0.1) is 0 Å². The summed E-state index contributed by atoms with van der Waals surface area (Å²) in [6, 6.07) is 16.7. The number of aryl methyl sites for hydroxylation is 1. The van der Waals surface area contributed by atoms with Crippen LogP contribution in [0.15, 0.2) is 54.7 Å². The van der Waals surface area contributed by atoms with Gasteiger partial charge in [-0.25, -0.2) is 4.98 Å². The first-order chi connectivity index (χ1) is 14.8. The van der Waals surface area contributed by atoms with Gasteiger partial charge in [0.05, 0.1) is 6.20 Å². The van der Waals surface area contributed by atoms with E-state index in [9.17, 15) is 13.2 Å². The summed E-state index contributed by atoms with van der Waals surface area (Å²) in [6.07, 6.45) is -3.06. The van der Waals surface area contributed by atoms with Crippen molar-refractivity contribution in [3.8, 4) is 0 Å². The van der Waals surface area contributed by atoms with E-state index in [0.717, 1.165) is 29.3 Å². The summed E-state index contributed by atoms with van der Waals surface area (Å²) in [5.74, 6) is 3.17. The Kier molecular flexibility index (Phi) is 7.75. The van der Waals surface area contributed by atoms with Crippen LogP contribution in [0.2, 0.25) is 5.02 Å². The number of anilines is 4. The van der Waals surface area contributed by atoms with Crippen LogP contribution in [0.1, 0.15) is 11.1 Å². The topological polar surface area (TPSA) is 66.9 Å². The fourth-order valence-corrected chi connectivity index (χ4v) is 3.78. The number of rotatable bonds is 0. The van der Waals surface area contributed by atoms with Crippen LogP contribution >= 0.6 is 23.4 Å². The molecule has 1 aliphatic rings. The molecule has 3 aromatic rings. The van der Waals surface area contributed by atoms with Crippen LogP contribution in [0.5, 0.6) is 0 Å². The van der Waals surface area contributed by atoms with Gasteiger partial charge in [0.2, 0.25) is 12.2 Å². The third-order valence-corrected chi connectivity index (χ3v) is 5.36. The Balaban J connectivity index is 0.000000401. The zero-order valence-corrected chi connectivity index (χ0v) is 17.7. The molecule has 10 heteroatoms. The molecule has 6 bridgehead atoms. The average Bonchev–Trinajstić information content (AvgIpc) is 2.74. The lowest BCUT2D eigenvalue weighted by Gasteiger charge is -2.11. The number of fused-ring (bicyclic) bond motifs is 6. The Bertz CT molecular complexity index is 1050. The Morgan fingerprint density at radius 2 is 1.68 bits per heavy atom. The fourth-order valence-electron chi connectivity index (χ4n) is 2.70. The number of carbonyl (C=O) groups excluding carboxylic acids is 1. The van der Waals surface area contributed by atoms with Gasteiger partial charge in [-0.3, -0.25) is 4.79 Å². The number of halogens is 4. The quantitative estimate of drug-likeness (QED) is 0.387. The van der Waals surface area contributed by atoms with Gasteiger partial charge in [0, 0.05) is 17.1 Å². The zero-order valence-electron chi connectivity index (χ0n) is 16.1. The molecular weight excluding hydrogens is 449 g/mol. The summed E-state index contributed by atoms with van der Waals surface area (Å²) in [7, 11) is 0. The lowest BCUT2D eigenvalue weighted by molar-refractivity contribution is -0.156. The van der Waals surface area contributed by atoms with Gasteiger partial charge in [0.15, 0.2) is 5.82 Å². The lowest BCUT2D eigenvalue weighted by atomic mass is 10.1. The van der Waals surface area contributed by atoms with Crippen molar-refractivity contribution in [2.24, 2.45) is 0 Å². The minimum Gasteiger partial charge on any atom is -0.339 e. The van der Waals surface area contributed by atoms with Gasteiger partial charge >= 0.3 is 6.18 Å². The number of hydrogen-bond acceptors (Lipinski definition) is 6. The highest BCUT2D eigenvalue weighted by atomic mass is 35.5. The van der Waals surface area contributed by atoms with Gasteiger partial charge in [0.25, 0.3) is 0 Å². The molecule has 4 rings (SSSR count). The summed E-state index contributed by atoms with van der Waals surface area (Å²) in [5.41, 5.74) is 4.53. The first-order valence-corrected chi connectivity index (χ1v) is 10.7. The van der Waals surface area contributed by atoms with Crippen LogP contribution in [-0.4, -0.2) is 28.2 Å². The first kappa shape index (κ1) is 22.9. The number of aldehydes is 1. The van der Waals surface area contributed by atoms with E-state index in [1.165, 1.54) is 11.1 Å². The standard InChI is InChI=1S/C19H17ClN4S.C2HF3O/c20-17-11-21-19-23-16-6-1-3-13(9-16)7-8-25-12-14-4-2-5-15(10-14)22-18(17)24-19;3-2(4,5)1-6/h1-6,9-11H,7-8,12H2,(H2,21,22,23,24);1H. The van der Waals surface area contributed by atoms with Crippen LogP contribution in [-0.2, 0) is 17.0 Å². The van der Waals surface area contributed by atoms with E-state index in [0.29, 0.717) is 16.8 Å². The summed E-state index contributed by atoms with van der Waals surface area (Å²) >= 11 is 8.20. The predicted molar refractivity (Wildman–Crippen MR) is 118 cm³/mol. The summed E-state index contributed by atoms with van der Waals surface area (Å²) in [5, 5.41) is 7.04. The molecule has 0 saturated heterocycles. The molecule has 162 valence electrons. The number of alkyl halides is 3. The molecule has 1 aliphatic heterocycles. The van der Waals surface area contributed by atoms with Crippen LogP contribution in [0.3, 0.4) is 0 Å². The molecule has 2 aromatic carbocycles. The molecule has 0 unspecified atom stereocenters. The summed E-state index contributed by atoms with van der Waals surface area (Å²) in [6.45, 7) is 0. The van der Waals surface area contributed by atoms with E-state index in [4.69, 9.17) is 16.4 Å². The normalized spacial score (nSPS) is 13.3. The Labute approximate surface area is 186 Å². The van der Waals surface area contributed by atoms with Gasteiger partial charge in [-0.1, -0.05) is 35.9 Å². The maximum Gasteiger partial charge on any atom is 0.446 e. The van der Waals surface area contributed by atoms with E-state index in [1.807, 2.05) is 30.0 Å². The molecule has 0 radical (unpaired) electrons. The predicted octanol–water partition coefficient (Wildman–Crippen LogP) is 6.15. The molecular formula is C21H18ClF3N4OS. The number of hydrogen-bond donors (Lipinski definition) is 2. The molecule has 0 amide bonds. The Hall–Kier alpha value is -2.78. The second-order valence-corrected chi connectivity index (χ2v) is 8.02. The molecule has 0 fully saturated rings. The molecule has 0 atom stereocenters. The maximum atomic E-state index is 10.4. The van der Waals surface area contributed by atoms with Crippen LogP contribution < -0.4 is 10.6 Å². The Morgan fingerprint density at radius 3 is 2.39 bits per heavy atom. The van der Waals surface area contributed by atoms with Gasteiger partial charge < -0.3 is 10.6 Å². The van der Waals surface area contributed by atoms with E-state index < -0.39 is 12.5 Å². The van der Waals surface area contributed by atoms with Crippen molar-refractivity contribution in [1.29, 1.82) is 0 Å². The van der Waals surface area contributed by atoms with E-state index in [2.05, 4.69) is 50.9 Å². The third-order valence-electron chi connectivity index (χ3n) is 4.05. The number of carbonyl (C=O) groups is 1. The molecule has 2 heterocycles. The number of thioether (sulfide) groups is 1. The number of benzene rings is 2. The van der Waals surface area contributed by atoms with Crippen molar-refractivity contribution in [2.45, 2.75) is 18.3 Å². The molecule has 5 nitrogen and oxygen atoms in total. The zero-order chi connectivity index (χ0) is 22.3. The van der Waals surface area contributed by atoms with E-state index >= 15 is 0 Å². The molecule has 0 spiro atoms. The lowest BCUT2D eigenvalue weighted by Crippen LogP contribution is -2.07. The summed E-state index contributed by atoms with van der Waals surface area (Å²) in [4.78, 5) is 17.5. The average molecular weight is 467 g/mol. The number of aromatic nitrogens is 2. The molecule has 1 aromatic heterocycles. The molecule has 31 heavy (non-hydrogen) atoms. The van der Waals surface area contributed by atoms with E-state index in [-0.39, 0.29) is 0 Å². The third kappa shape index (κ3) is 7.45. The van der Waals surface area contributed by atoms with Crippen LogP contribution in [0, 0.1) is 0 Å². The van der Waals surface area contributed by atoms with Crippen molar-refractivity contribution in [3.63, 3.8) is 0 Å². The van der Waals surface area contributed by atoms with Crippen molar-refractivity contribution in [3.05, 3.63) is 70.9 Å². The number of nitrogens with one attached hydrogen (secondary N) is 2. The van der Waals surface area contributed by atoms with E-state index in [1.54, 1.807) is 6.20 Å². The van der Waals surface area contributed by atoms with Crippen molar-refractivity contribution in [2.75, 3.05) is 16.4 Å². The highest BCUT2D eigenvalue weighted by molar-refractivity contribution is 7.98. The van der Waals surface area contributed by atoms with Gasteiger partial charge in [-0.05, 0) is 47.6 Å². The second kappa shape index (κ2) is 10.5. The smallest absolute Gasteiger partial charge is 0.339 e. The highest BCUT2D eigenvalue weighted by Crippen LogP contribution is 2.27. The SMILES string of the molecule is Clc1cnc2nc1Nc1cccc(c1)CSCCc1cccc(c1)N2.O=CC(F)(F)F. The largest absolute Gasteiger partial charge is 0.446 e. The van der Waals surface area contributed by atoms with Gasteiger partial charge in [-0.2, -0.15) is 29.9 Å². The van der Waals surface area contributed by atoms with Crippen LogP contribution in [0.4, 0.5) is 36.3 Å². The van der Waals surface area contributed by atoms with Gasteiger partial charge in [0.1, 0.15) is 5.02 Å². The first-order valence-electron chi connectivity index (χ1n) is 9.18. The minimum atomic E-state index is -4.64.